The lowest BCUT2D eigenvalue weighted by molar-refractivity contribution is 0.148. The Hall–Kier alpha value is -2.44. The third-order valence-corrected chi connectivity index (χ3v) is 5.24. The van der Waals surface area contributed by atoms with Gasteiger partial charge in [-0.25, -0.2) is 9.97 Å². The SMILES string of the molecule is CCCNc1ncnc2[nH]c(-c3ccc(CN4CCN(C)CC4)cc3)cc12. The second-order valence-corrected chi connectivity index (χ2v) is 7.37. The molecule has 0 amide bonds. The maximum Gasteiger partial charge on any atom is 0.143 e. The van der Waals surface area contributed by atoms with Crippen molar-refractivity contribution in [3.05, 3.63) is 42.2 Å². The number of piperazine rings is 1. The topological polar surface area (TPSA) is 60.1 Å². The predicted octanol–water partition coefficient (Wildman–Crippen LogP) is 3.19. The highest BCUT2D eigenvalue weighted by Gasteiger charge is 2.14. The van der Waals surface area contributed by atoms with Gasteiger partial charge in [-0.05, 0) is 30.7 Å². The number of aromatic amines is 1. The molecule has 0 spiro atoms. The first-order valence-electron chi connectivity index (χ1n) is 9.80. The summed E-state index contributed by atoms with van der Waals surface area (Å²) in [5.74, 6) is 0.899. The van der Waals surface area contributed by atoms with Crippen LogP contribution in [0.5, 0.6) is 0 Å². The van der Waals surface area contributed by atoms with Gasteiger partial charge in [-0.15, -0.1) is 0 Å². The van der Waals surface area contributed by atoms with Crippen LogP contribution in [0.2, 0.25) is 0 Å². The summed E-state index contributed by atoms with van der Waals surface area (Å²) in [6.45, 7) is 8.69. The van der Waals surface area contributed by atoms with Crippen molar-refractivity contribution in [2.24, 2.45) is 0 Å². The van der Waals surface area contributed by atoms with Crippen molar-refractivity contribution < 1.29 is 0 Å². The number of nitrogens with zero attached hydrogens (tertiary/aromatic N) is 4. The van der Waals surface area contributed by atoms with Crippen LogP contribution in [0.4, 0.5) is 5.82 Å². The lowest BCUT2D eigenvalue weighted by atomic mass is 10.1. The second kappa shape index (κ2) is 8.06. The number of H-pyrrole nitrogens is 1. The van der Waals surface area contributed by atoms with Crippen molar-refractivity contribution in [1.29, 1.82) is 0 Å². The van der Waals surface area contributed by atoms with Gasteiger partial charge in [0.25, 0.3) is 0 Å². The van der Waals surface area contributed by atoms with E-state index in [0.717, 1.165) is 68.2 Å². The van der Waals surface area contributed by atoms with Gasteiger partial charge in [0.1, 0.15) is 17.8 Å². The molecule has 1 aromatic carbocycles. The van der Waals surface area contributed by atoms with Crippen molar-refractivity contribution in [3.63, 3.8) is 0 Å². The van der Waals surface area contributed by atoms with Gasteiger partial charge in [0.05, 0.1) is 5.39 Å². The third kappa shape index (κ3) is 4.12. The summed E-state index contributed by atoms with van der Waals surface area (Å²) in [6, 6.07) is 11.0. The molecule has 0 saturated carbocycles. The third-order valence-electron chi connectivity index (χ3n) is 5.24. The number of hydrogen-bond acceptors (Lipinski definition) is 5. The van der Waals surface area contributed by atoms with Crippen LogP contribution in [-0.2, 0) is 6.54 Å². The summed E-state index contributed by atoms with van der Waals surface area (Å²) in [5.41, 5.74) is 4.50. The molecule has 2 N–H and O–H groups in total. The van der Waals surface area contributed by atoms with E-state index in [9.17, 15) is 0 Å². The molecule has 1 saturated heterocycles. The average molecular weight is 364 g/mol. The summed E-state index contributed by atoms with van der Waals surface area (Å²) < 4.78 is 0. The summed E-state index contributed by atoms with van der Waals surface area (Å²) in [4.78, 5) is 17.1. The number of rotatable bonds is 6. The first-order chi connectivity index (χ1) is 13.2. The van der Waals surface area contributed by atoms with Gasteiger partial charge in [-0.1, -0.05) is 31.2 Å². The molecule has 4 rings (SSSR count). The molecule has 3 aromatic rings. The molecule has 6 nitrogen and oxygen atoms in total. The number of aromatic nitrogens is 3. The molecule has 0 unspecified atom stereocenters. The van der Waals surface area contributed by atoms with Crippen LogP contribution in [0.1, 0.15) is 18.9 Å². The number of benzene rings is 1. The molecule has 0 radical (unpaired) electrons. The van der Waals surface area contributed by atoms with E-state index in [0.29, 0.717) is 0 Å². The molecule has 142 valence electrons. The van der Waals surface area contributed by atoms with Crippen LogP contribution in [0.25, 0.3) is 22.3 Å². The second-order valence-electron chi connectivity index (χ2n) is 7.37. The van der Waals surface area contributed by atoms with E-state index in [2.05, 4.69) is 74.4 Å². The highest BCUT2D eigenvalue weighted by Crippen LogP contribution is 2.27. The molecule has 1 fully saturated rings. The Labute approximate surface area is 160 Å². The Bertz CT molecular complexity index is 877. The molecule has 2 aromatic heterocycles. The van der Waals surface area contributed by atoms with Crippen molar-refractivity contribution in [2.45, 2.75) is 19.9 Å². The zero-order chi connectivity index (χ0) is 18.6. The number of nitrogens with one attached hydrogen (secondary N) is 2. The molecule has 1 aliphatic heterocycles. The fourth-order valence-corrected chi connectivity index (χ4v) is 3.53. The fraction of sp³-hybridized carbons (Fsp3) is 0.429. The number of anilines is 1. The van der Waals surface area contributed by atoms with Crippen LogP contribution in [0.15, 0.2) is 36.7 Å². The summed E-state index contributed by atoms with van der Waals surface area (Å²) in [7, 11) is 2.19. The van der Waals surface area contributed by atoms with Gasteiger partial charge in [-0.3, -0.25) is 4.90 Å². The van der Waals surface area contributed by atoms with E-state index in [1.807, 2.05) is 0 Å². The number of hydrogen-bond donors (Lipinski definition) is 2. The Morgan fingerprint density at radius 1 is 1.07 bits per heavy atom. The average Bonchev–Trinajstić information content (AvgIpc) is 3.13. The Kier molecular flexibility index (Phi) is 5.36. The van der Waals surface area contributed by atoms with E-state index in [1.54, 1.807) is 6.33 Å². The fourth-order valence-electron chi connectivity index (χ4n) is 3.53. The Morgan fingerprint density at radius 3 is 2.59 bits per heavy atom. The van der Waals surface area contributed by atoms with Crippen LogP contribution < -0.4 is 5.32 Å². The zero-order valence-corrected chi connectivity index (χ0v) is 16.2. The number of fused-ring (bicyclic) bond motifs is 1. The smallest absolute Gasteiger partial charge is 0.143 e. The van der Waals surface area contributed by atoms with Gasteiger partial charge >= 0.3 is 0 Å². The van der Waals surface area contributed by atoms with Gasteiger partial charge in [0.2, 0.25) is 0 Å². The highest BCUT2D eigenvalue weighted by molar-refractivity contribution is 5.91. The summed E-state index contributed by atoms with van der Waals surface area (Å²) in [6.07, 6.45) is 2.68. The van der Waals surface area contributed by atoms with Crippen LogP contribution in [0.3, 0.4) is 0 Å². The minimum absolute atomic E-state index is 0.875. The maximum absolute atomic E-state index is 4.38. The van der Waals surface area contributed by atoms with Crippen LogP contribution in [0, 0.1) is 0 Å². The predicted molar refractivity (Wildman–Crippen MR) is 111 cm³/mol. The molecule has 0 bridgehead atoms. The largest absolute Gasteiger partial charge is 0.369 e. The number of likely N-dealkylation sites (N-methyl/N-ethyl adjacent to an activating group) is 1. The van der Waals surface area contributed by atoms with E-state index >= 15 is 0 Å². The quantitative estimate of drug-likeness (QED) is 0.703. The van der Waals surface area contributed by atoms with E-state index in [1.165, 1.54) is 11.1 Å². The molecular formula is C21H28N6. The van der Waals surface area contributed by atoms with Crippen molar-refractivity contribution in [2.75, 3.05) is 45.1 Å². The van der Waals surface area contributed by atoms with Gasteiger partial charge in [-0.2, -0.15) is 0 Å². The van der Waals surface area contributed by atoms with Crippen molar-refractivity contribution >= 4 is 16.9 Å². The minimum Gasteiger partial charge on any atom is -0.369 e. The first kappa shape index (κ1) is 17.9. The lowest BCUT2D eigenvalue weighted by Gasteiger charge is -2.32. The van der Waals surface area contributed by atoms with Crippen LogP contribution >= 0.6 is 0 Å². The lowest BCUT2D eigenvalue weighted by Crippen LogP contribution is -2.43. The Morgan fingerprint density at radius 2 is 1.85 bits per heavy atom. The van der Waals surface area contributed by atoms with Crippen LogP contribution in [-0.4, -0.2) is 64.5 Å². The molecule has 0 aliphatic carbocycles. The summed E-state index contributed by atoms with van der Waals surface area (Å²) in [5, 5.41) is 4.42. The molecule has 6 heteroatoms. The van der Waals surface area contributed by atoms with Gasteiger partial charge < -0.3 is 15.2 Å². The van der Waals surface area contributed by atoms with Gasteiger partial charge in [0.15, 0.2) is 0 Å². The van der Waals surface area contributed by atoms with E-state index in [4.69, 9.17) is 0 Å². The van der Waals surface area contributed by atoms with E-state index < -0.39 is 0 Å². The minimum atomic E-state index is 0.875. The van der Waals surface area contributed by atoms with Crippen molar-refractivity contribution in [3.8, 4) is 11.3 Å². The van der Waals surface area contributed by atoms with Crippen molar-refractivity contribution in [1.82, 2.24) is 24.8 Å². The first-order valence-corrected chi connectivity index (χ1v) is 9.80. The summed E-state index contributed by atoms with van der Waals surface area (Å²) >= 11 is 0. The molecule has 3 heterocycles. The van der Waals surface area contributed by atoms with Gasteiger partial charge in [0, 0.05) is 45.0 Å². The monoisotopic (exact) mass is 364 g/mol. The van der Waals surface area contributed by atoms with E-state index in [-0.39, 0.29) is 0 Å². The molecule has 0 atom stereocenters. The standard InChI is InChI=1S/C21H28N6/c1-3-8-22-20-18-13-19(25-21(18)24-15-23-20)17-6-4-16(5-7-17)14-27-11-9-26(2)10-12-27/h4-7,13,15H,3,8-12,14H2,1-2H3,(H2,22,23,24,25). The molecule has 27 heavy (non-hydrogen) atoms. The Balaban J connectivity index is 1.50. The molecule has 1 aliphatic rings. The zero-order valence-electron chi connectivity index (χ0n) is 16.2. The highest BCUT2D eigenvalue weighted by atomic mass is 15.2. The molecular weight excluding hydrogens is 336 g/mol. The maximum atomic E-state index is 4.38. The normalized spacial score (nSPS) is 16.1.